The average molecular weight is 309 g/mol. The van der Waals surface area contributed by atoms with Gasteiger partial charge in [0, 0.05) is 5.92 Å². The molecule has 0 saturated carbocycles. The number of unbranched alkanes of at least 4 members (excludes halogenated alkanes) is 8. The molecular formula is C21H40O. The Morgan fingerprint density at radius 1 is 0.818 bits per heavy atom. The molecule has 1 aliphatic rings. The highest BCUT2D eigenvalue weighted by Gasteiger charge is 2.20. The zero-order chi connectivity index (χ0) is 16.0. The maximum atomic E-state index is 6.02. The number of rotatable bonds is 13. The zero-order valence-corrected chi connectivity index (χ0v) is 15.6. The fourth-order valence-corrected chi connectivity index (χ4v) is 3.69. The highest BCUT2D eigenvalue weighted by molar-refractivity contribution is 5.11. The second-order valence-electron chi connectivity index (χ2n) is 7.20. The van der Waals surface area contributed by atoms with E-state index >= 15 is 0 Å². The molecule has 1 atom stereocenters. The van der Waals surface area contributed by atoms with Gasteiger partial charge in [0.05, 0.1) is 12.4 Å². The number of ether oxygens (including phenoxy) is 1. The molecule has 0 aromatic heterocycles. The van der Waals surface area contributed by atoms with Crippen LogP contribution in [0.1, 0.15) is 111 Å². The standard InChI is InChI=1S/C21H40O/c1-4-6-7-8-9-10-11-12-13-17-20(15-5-2)21-19(3)16-14-18-22-21/h20H,4-18H2,1-3H3. The lowest BCUT2D eigenvalue weighted by Crippen LogP contribution is -2.14. The predicted octanol–water partition coefficient (Wildman–Crippen LogP) is 7.41. The number of hydrogen-bond acceptors (Lipinski definition) is 1. The van der Waals surface area contributed by atoms with E-state index in [-0.39, 0.29) is 0 Å². The summed E-state index contributed by atoms with van der Waals surface area (Å²) in [4.78, 5) is 0. The molecule has 1 heteroatoms. The molecule has 0 bridgehead atoms. The Morgan fingerprint density at radius 3 is 2.05 bits per heavy atom. The fraction of sp³-hybridized carbons (Fsp3) is 0.905. The quantitative estimate of drug-likeness (QED) is 0.322. The molecule has 0 amide bonds. The van der Waals surface area contributed by atoms with Gasteiger partial charge in [0.1, 0.15) is 0 Å². The summed E-state index contributed by atoms with van der Waals surface area (Å²) in [5.41, 5.74) is 1.53. The third-order valence-electron chi connectivity index (χ3n) is 5.04. The minimum atomic E-state index is 0.704. The molecule has 1 rings (SSSR count). The van der Waals surface area contributed by atoms with E-state index in [1.165, 1.54) is 101 Å². The van der Waals surface area contributed by atoms with Crippen molar-refractivity contribution >= 4 is 0 Å². The molecular weight excluding hydrogens is 268 g/mol. The Kier molecular flexibility index (Phi) is 11.6. The van der Waals surface area contributed by atoms with E-state index in [9.17, 15) is 0 Å². The second kappa shape index (κ2) is 13.0. The lowest BCUT2D eigenvalue weighted by Gasteiger charge is -2.26. The van der Waals surface area contributed by atoms with E-state index in [1.807, 2.05) is 0 Å². The first-order valence-electron chi connectivity index (χ1n) is 10.1. The molecule has 0 spiro atoms. The van der Waals surface area contributed by atoms with Crippen molar-refractivity contribution in [1.82, 2.24) is 0 Å². The van der Waals surface area contributed by atoms with Crippen LogP contribution in [0.4, 0.5) is 0 Å². The number of allylic oxidation sites excluding steroid dienone is 2. The lowest BCUT2D eigenvalue weighted by molar-refractivity contribution is 0.145. The van der Waals surface area contributed by atoms with Crippen molar-refractivity contribution in [2.75, 3.05) is 6.61 Å². The highest BCUT2D eigenvalue weighted by atomic mass is 16.5. The Balaban J connectivity index is 2.14. The first kappa shape index (κ1) is 19.6. The van der Waals surface area contributed by atoms with Crippen LogP contribution in [0.3, 0.4) is 0 Å². The van der Waals surface area contributed by atoms with Crippen molar-refractivity contribution in [2.24, 2.45) is 5.92 Å². The first-order chi connectivity index (χ1) is 10.8. The zero-order valence-electron chi connectivity index (χ0n) is 15.6. The van der Waals surface area contributed by atoms with Gasteiger partial charge < -0.3 is 4.74 Å². The van der Waals surface area contributed by atoms with Crippen molar-refractivity contribution < 1.29 is 4.74 Å². The van der Waals surface area contributed by atoms with Crippen LogP contribution in [-0.2, 0) is 4.74 Å². The number of hydrogen-bond donors (Lipinski definition) is 0. The van der Waals surface area contributed by atoms with Crippen molar-refractivity contribution in [1.29, 1.82) is 0 Å². The van der Waals surface area contributed by atoms with Crippen LogP contribution in [0.5, 0.6) is 0 Å². The van der Waals surface area contributed by atoms with Crippen LogP contribution in [0, 0.1) is 5.92 Å². The summed E-state index contributed by atoms with van der Waals surface area (Å²) in [6.07, 6.45) is 19.2. The summed E-state index contributed by atoms with van der Waals surface area (Å²) >= 11 is 0. The van der Waals surface area contributed by atoms with Crippen LogP contribution in [0.15, 0.2) is 11.3 Å². The lowest BCUT2D eigenvalue weighted by atomic mass is 9.90. The molecule has 0 aromatic carbocycles. The van der Waals surface area contributed by atoms with Gasteiger partial charge in [-0.25, -0.2) is 0 Å². The topological polar surface area (TPSA) is 9.23 Å². The van der Waals surface area contributed by atoms with Gasteiger partial charge in [-0.05, 0) is 38.2 Å². The van der Waals surface area contributed by atoms with E-state index < -0.39 is 0 Å². The van der Waals surface area contributed by atoms with Gasteiger partial charge in [-0.1, -0.05) is 78.1 Å². The van der Waals surface area contributed by atoms with E-state index in [0.29, 0.717) is 5.92 Å². The minimum Gasteiger partial charge on any atom is -0.498 e. The van der Waals surface area contributed by atoms with Gasteiger partial charge in [0.15, 0.2) is 0 Å². The second-order valence-corrected chi connectivity index (χ2v) is 7.20. The van der Waals surface area contributed by atoms with Crippen molar-refractivity contribution in [3.63, 3.8) is 0 Å². The Hall–Kier alpha value is -0.460. The molecule has 1 nitrogen and oxygen atoms in total. The van der Waals surface area contributed by atoms with Crippen LogP contribution >= 0.6 is 0 Å². The molecule has 0 fully saturated rings. The van der Waals surface area contributed by atoms with Gasteiger partial charge in [0.2, 0.25) is 0 Å². The molecule has 130 valence electrons. The van der Waals surface area contributed by atoms with Crippen LogP contribution in [0.2, 0.25) is 0 Å². The Labute approximate surface area is 139 Å². The summed E-state index contributed by atoms with van der Waals surface area (Å²) in [5, 5.41) is 0. The average Bonchev–Trinajstić information content (AvgIpc) is 2.53. The van der Waals surface area contributed by atoms with Gasteiger partial charge in [-0.2, -0.15) is 0 Å². The SMILES string of the molecule is CCCCCCCCCCCC(CCC)C1=C(C)CCCO1. The molecule has 22 heavy (non-hydrogen) atoms. The highest BCUT2D eigenvalue weighted by Crippen LogP contribution is 2.31. The molecule has 1 aliphatic heterocycles. The minimum absolute atomic E-state index is 0.704. The maximum Gasteiger partial charge on any atom is 0.0979 e. The van der Waals surface area contributed by atoms with E-state index in [1.54, 1.807) is 0 Å². The van der Waals surface area contributed by atoms with Gasteiger partial charge in [-0.15, -0.1) is 0 Å². The van der Waals surface area contributed by atoms with E-state index in [2.05, 4.69) is 20.8 Å². The fourth-order valence-electron chi connectivity index (χ4n) is 3.69. The maximum absolute atomic E-state index is 6.02. The van der Waals surface area contributed by atoms with Crippen LogP contribution in [-0.4, -0.2) is 6.61 Å². The first-order valence-corrected chi connectivity index (χ1v) is 10.1. The molecule has 0 aromatic rings. The molecule has 1 unspecified atom stereocenters. The van der Waals surface area contributed by atoms with Crippen LogP contribution < -0.4 is 0 Å². The normalized spacial score (nSPS) is 16.7. The molecule has 1 heterocycles. The monoisotopic (exact) mass is 308 g/mol. The summed E-state index contributed by atoms with van der Waals surface area (Å²) in [6, 6.07) is 0. The smallest absolute Gasteiger partial charge is 0.0979 e. The summed E-state index contributed by atoms with van der Waals surface area (Å²) < 4.78 is 6.02. The Morgan fingerprint density at radius 2 is 1.45 bits per heavy atom. The van der Waals surface area contributed by atoms with Crippen molar-refractivity contribution in [3.8, 4) is 0 Å². The predicted molar refractivity (Wildman–Crippen MR) is 98.1 cm³/mol. The van der Waals surface area contributed by atoms with Gasteiger partial charge >= 0.3 is 0 Å². The van der Waals surface area contributed by atoms with Crippen molar-refractivity contribution in [3.05, 3.63) is 11.3 Å². The van der Waals surface area contributed by atoms with Gasteiger partial charge in [0.25, 0.3) is 0 Å². The molecule has 0 N–H and O–H groups in total. The third-order valence-corrected chi connectivity index (χ3v) is 5.04. The third kappa shape index (κ3) is 8.25. The van der Waals surface area contributed by atoms with E-state index in [4.69, 9.17) is 4.74 Å². The van der Waals surface area contributed by atoms with E-state index in [0.717, 1.165) is 6.61 Å². The summed E-state index contributed by atoms with van der Waals surface area (Å²) in [6.45, 7) is 7.83. The summed E-state index contributed by atoms with van der Waals surface area (Å²) in [5.74, 6) is 2.07. The van der Waals surface area contributed by atoms with Crippen molar-refractivity contribution in [2.45, 2.75) is 111 Å². The van der Waals surface area contributed by atoms with Crippen LogP contribution in [0.25, 0.3) is 0 Å². The Bertz CT molecular complexity index is 292. The largest absolute Gasteiger partial charge is 0.498 e. The summed E-state index contributed by atoms with van der Waals surface area (Å²) in [7, 11) is 0. The molecule has 0 saturated heterocycles. The molecule has 0 radical (unpaired) electrons. The van der Waals surface area contributed by atoms with Gasteiger partial charge in [-0.3, -0.25) is 0 Å². The molecule has 0 aliphatic carbocycles.